The van der Waals surface area contributed by atoms with Crippen molar-refractivity contribution in [2.75, 3.05) is 0 Å². The molecule has 106 valence electrons. The molecule has 0 aliphatic heterocycles. The maximum Gasteiger partial charge on any atom is 0.198 e. The number of rotatable bonds is 3. The molecule has 4 heteroatoms. The van der Waals surface area contributed by atoms with Crippen LogP contribution in [0.15, 0.2) is 24.3 Å². The van der Waals surface area contributed by atoms with Crippen LogP contribution in [0.1, 0.15) is 22.3 Å². The van der Waals surface area contributed by atoms with Crippen molar-refractivity contribution < 1.29 is 13.5 Å². The third-order valence-corrected chi connectivity index (χ3v) is 3.84. The quantitative estimate of drug-likeness (QED) is 0.663. The van der Waals surface area contributed by atoms with E-state index in [2.05, 4.69) is 15.9 Å². The van der Waals surface area contributed by atoms with Gasteiger partial charge in [-0.05, 0) is 61.2 Å². The Balaban J connectivity index is 2.45. The zero-order chi connectivity index (χ0) is 14.9. The Kier molecular flexibility index (Phi) is 4.43. The summed E-state index contributed by atoms with van der Waals surface area (Å²) >= 11 is 3.17. The van der Waals surface area contributed by atoms with Gasteiger partial charge in [0, 0.05) is 5.33 Å². The predicted molar refractivity (Wildman–Crippen MR) is 79.7 cm³/mol. The number of halogens is 3. The van der Waals surface area contributed by atoms with Crippen LogP contribution in [0, 0.1) is 32.4 Å². The van der Waals surface area contributed by atoms with Gasteiger partial charge in [0.1, 0.15) is 5.75 Å². The Bertz CT molecular complexity index is 630. The van der Waals surface area contributed by atoms with Gasteiger partial charge in [0.15, 0.2) is 17.4 Å². The number of ether oxygens (including phenoxy) is 1. The summed E-state index contributed by atoms with van der Waals surface area (Å²) in [5.41, 5.74) is 3.42. The molecule has 0 saturated heterocycles. The molecule has 2 aromatic rings. The molecule has 0 aliphatic rings. The first-order valence-corrected chi connectivity index (χ1v) is 7.34. The summed E-state index contributed by atoms with van der Waals surface area (Å²) in [6, 6.07) is 6.32. The molecule has 0 N–H and O–H groups in total. The smallest absolute Gasteiger partial charge is 0.198 e. The number of aryl methyl sites for hydroxylation is 2. The average Bonchev–Trinajstić information content (AvgIpc) is 2.38. The molecule has 0 fully saturated rings. The molecule has 0 aromatic heterocycles. The van der Waals surface area contributed by atoms with Crippen molar-refractivity contribution in [3.8, 4) is 11.5 Å². The first-order chi connectivity index (χ1) is 9.42. The van der Waals surface area contributed by atoms with Crippen molar-refractivity contribution in [3.63, 3.8) is 0 Å². The van der Waals surface area contributed by atoms with E-state index in [1.807, 2.05) is 26.8 Å². The van der Waals surface area contributed by atoms with E-state index < -0.39 is 11.6 Å². The van der Waals surface area contributed by atoms with Gasteiger partial charge in [-0.25, -0.2) is 8.78 Å². The van der Waals surface area contributed by atoms with E-state index in [1.54, 1.807) is 6.07 Å². The van der Waals surface area contributed by atoms with Gasteiger partial charge in [-0.15, -0.1) is 0 Å². The summed E-state index contributed by atoms with van der Waals surface area (Å²) in [6.07, 6.45) is 0. The number of hydrogen-bond donors (Lipinski definition) is 0. The average molecular weight is 341 g/mol. The highest BCUT2D eigenvalue weighted by Gasteiger charge is 2.15. The normalized spacial score (nSPS) is 10.7. The van der Waals surface area contributed by atoms with Crippen LogP contribution >= 0.6 is 15.9 Å². The minimum atomic E-state index is -0.696. The van der Waals surface area contributed by atoms with Crippen molar-refractivity contribution in [1.82, 2.24) is 0 Å². The molecule has 2 aromatic carbocycles. The molecule has 0 bridgehead atoms. The molecule has 0 unspecified atom stereocenters. The van der Waals surface area contributed by atoms with E-state index in [4.69, 9.17) is 4.74 Å². The SMILES string of the molecule is Cc1cc(C)c(C)c(Oc2c(F)cc(CBr)cc2F)c1. The van der Waals surface area contributed by atoms with Crippen molar-refractivity contribution in [2.45, 2.75) is 26.1 Å². The molecule has 20 heavy (non-hydrogen) atoms. The molecule has 2 rings (SSSR count). The van der Waals surface area contributed by atoms with Crippen LogP contribution in [0.25, 0.3) is 0 Å². The lowest BCUT2D eigenvalue weighted by atomic mass is 10.1. The molecule has 0 spiro atoms. The van der Waals surface area contributed by atoms with Crippen LogP contribution in [0.5, 0.6) is 11.5 Å². The first-order valence-electron chi connectivity index (χ1n) is 6.22. The zero-order valence-corrected chi connectivity index (χ0v) is 13.1. The van der Waals surface area contributed by atoms with Gasteiger partial charge >= 0.3 is 0 Å². The molecule has 0 aliphatic carbocycles. The van der Waals surface area contributed by atoms with E-state index >= 15 is 0 Å². The van der Waals surface area contributed by atoms with Crippen molar-refractivity contribution in [2.24, 2.45) is 0 Å². The van der Waals surface area contributed by atoms with Crippen molar-refractivity contribution >= 4 is 15.9 Å². The van der Waals surface area contributed by atoms with Gasteiger partial charge in [-0.2, -0.15) is 0 Å². The second kappa shape index (κ2) is 5.92. The second-order valence-corrected chi connectivity index (χ2v) is 5.39. The van der Waals surface area contributed by atoms with Crippen LogP contribution in [0.3, 0.4) is 0 Å². The van der Waals surface area contributed by atoms with Gasteiger partial charge in [0.25, 0.3) is 0 Å². The summed E-state index contributed by atoms with van der Waals surface area (Å²) in [7, 11) is 0. The summed E-state index contributed by atoms with van der Waals surface area (Å²) in [5, 5.41) is 0.393. The van der Waals surface area contributed by atoms with Gasteiger partial charge in [0.05, 0.1) is 0 Å². The molecule has 0 heterocycles. The Morgan fingerprint density at radius 2 is 1.60 bits per heavy atom. The Hall–Kier alpha value is -1.42. The van der Waals surface area contributed by atoms with Crippen molar-refractivity contribution in [3.05, 3.63) is 58.2 Å². The fraction of sp³-hybridized carbons (Fsp3) is 0.250. The summed E-state index contributed by atoms with van der Waals surface area (Å²) in [4.78, 5) is 0. The Labute approximate surface area is 125 Å². The lowest BCUT2D eigenvalue weighted by Crippen LogP contribution is -1.97. The first kappa shape index (κ1) is 15.0. The molecule has 1 nitrogen and oxygen atoms in total. The topological polar surface area (TPSA) is 9.23 Å². The lowest BCUT2D eigenvalue weighted by molar-refractivity contribution is 0.404. The second-order valence-electron chi connectivity index (χ2n) is 4.83. The largest absolute Gasteiger partial charge is 0.451 e. The molecule has 0 atom stereocenters. The summed E-state index contributed by atoms with van der Waals surface area (Å²) < 4.78 is 33.3. The van der Waals surface area contributed by atoms with Crippen LogP contribution in [0.2, 0.25) is 0 Å². The standard InChI is InChI=1S/C16H15BrF2O/c1-9-4-10(2)11(3)15(5-9)20-16-13(18)6-12(8-17)7-14(16)19/h4-7H,8H2,1-3H3. The maximum absolute atomic E-state index is 13.9. The van der Waals surface area contributed by atoms with Gasteiger partial charge < -0.3 is 4.74 Å². The summed E-state index contributed by atoms with van der Waals surface area (Å²) in [5.74, 6) is -1.27. The highest BCUT2D eigenvalue weighted by Crippen LogP contribution is 2.32. The third kappa shape index (κ3) is 3.01. The number of benzene rings is 2. The number of hydrogen-bond acceptors (Lipinski definition) is 1. The van der Waals surface area contributed by atoms with Gasteiger partial charge in [-0.1, -0.05) is 22.0 Å². The zero-order valence-electron chi connectivity index (χ0n) is 11.6. The van der Waals surface area contributed by atoms with Gasteiger partial charge in [-0.3, -0.25) is 0 Å². The predicted octanol–water partition coefficient (Wildman–Crippen LogP) is 5.58. The fourth-order valence-corrected chi connectivity index (χ4v) is 2.33. The number of alkyl halides is 1. The Morgan fingerprint density at radius 3 is 2.15 bits per heavy atom. The van der Waals surface area contributed by atoms with Crippen LogP contribution in [-0.4, -0.2) is 0 Å². The van der Waals surface area contributed by atoms with E-state index in [-0.39, 0.29) is 5.75 Å². The monoisotopic (exact) mass is 340 g/mol. The molecular formula is C16H15BrF2O. The minimum Gasteiger partial charge on any atom is -0.451 e. The molecule has 0 radical (unpaired) electrons. The third-order valence-electron chi connectivity index (χ3n) is 3.19. The molecular weight excluding hydrogens is 326 g/mol. The molecule has 0 saturated carbocycles. The highest BCUT2D eigenvalue weighted by atomic mass is 79.9. The van der Waals surface area contributed by atoms with Crippen LogP contribution in [0.4, 0.5) is 8.78 Å². The van der Waals surface area contributed by atoms with E-state index in [0.717, 1.165) is 16.7 Å². The van der Waals surface area contributed by atoms with Crippen LogP contribution < -0.4 is 4.74 Å². The summed E-state index contributed by atoms with van der Waals surface area (Å²) in [6.45, 7) is 5.72. The van der Waals surface area contributed by atoms with Crippen molar-refractivity contribution in [1.29, 1.82) is 0 Å². The van der Waals surface area contributed by atoms with E-state index in [9.17, 15) is 8.78 Å². The minimum absolute atomic E-state index is 0.359. The van der Waals surface area contributed by atoms with Crippen LogP contribution in [-0.2, 0) is 5.33 Å². The maximum atomic E-state index is 13.9. The van der Waals surface area contributed by atoms with E-state index in [1.165, 1.54) is 12.1 Å². The lowest BCUT2D eigenvalue weighted by Gasteiger charge is -2.13. The highest BCUT2D eigenvalue weighted by molar-refractivity contribution is 9.08. The Morgan fingerprint density at radius 1 is 1.00 bits per heavy atom. The van der Waals surface area contributed by atoms with Gasteiger partial charge in [0.2, 0.25) is 0 Å². The molecule has 0 amide bonds. The fourth-order valence-electron chi connectivity index (χ4n) is 2.00. The van der Waals surface area contributed by atoms with E-state index in [0.29, 0.717) is 16.6 Å².